The molecule has 1 aromatic carbocycles. The maximum absolute atomic E-state index is 13.7. The number of hydrogen-bond donors (Lipinski definition) is 1. The Morgan fingerprint density at radius 2 is 1.67 bits per heavy atom. The standard InChI is InChI=1S/C30H42O5S/c1-22-9-8-10-23(2)21-27(36(32,33)26-11-6-5-7-12-26)28(31)24(3)13-14-25-16-18-30(34-19-20-35-30)29(25,4)17-15-22/h5-7,10-13,15,25,27-28,31H,8-9,14,16-21H2,1-4H3/b22-15+,23-10+,24-13+/t25-,27?,28?,29+/m1/s1. The maximum atomic E-state index is 13.7. The van der Waals surface area contributed by atoms with Crippen LogP contribution in [0, 0.1) is 11.3 Å². The topological polar surface area (TPSA) is 72.8 Å². The van der Waals surface area contributed by atoms with Gasteiger partial charge in [0.15, 0.2) is 15.6 Å². The van der Waals surface area contributed by atoms with E-state index in [9.17, 15) is 13.5 Å². The van der Waals surface area contributed by atoms with Crippen LogP contribution >= 0.6 is 0 Å². The summed E-state index contributed by atoms with van der Waals surface area (Å²) in [6, 6.07) is 8.51. The number of aliphatic hydroxyl groups excluding tert-OH is 1. The number of aliphatic hydroxyl groups is 1. The van der Waals surface area contributed by atoms with Gasteiger partial charge in [0.05, 0.1) is 29.5 Å². The molecule has 3 aliphatic rings. The molecule has 1 aromatic rings. The Morgan fingerprint density at radius 1 is 0.972 bits per heavy atom. The predicted octanol–water partition coefficient (Wildman–Crippen LogP) is 6.15. The van der Waals surface area contributed by atoms with Crippen molar-refractivity contribution in [2.75, 3.05) is 13.2 Å². The van der Waals surface area contributed by atoms with Gasteiger partial charge in [-0.15, -0.1) is 0 Å². The molecule has 2 aliphatic carbocycles. The number of hydrogen-bond acceptors (Lipinski definition) is 5. The zero-order valence-corrected chi connectivity index (χ0v) is 23.0. The molecule has 1 aliphatic heterocycles. The van der Waals surface area contributed by atoms with Gasteiger partial charge in [-0.3, -0.25) is 0 Å². The van der Waals surface area contributed by atoms with E-state index in [4.69, 9.17) is 9.47 Å². The monoisotopic (exact) mass is 514 g/mol. The van der Waals surface area contributed by atoms with E-state index in [1.54, 1.807) is 30.3 Å². The van der Waals surface area contributed by atoms with E-state index >= 15 is 0 Å². The molecule has 6 heteroatoms. The second-order valence-electron chi connectivity index (χ2n) is 11.2. The summed E-state index contributed by atoms with van der Waals surface area (Å²) in [5.41, 5.74) is 2.85. The van der Waals surface area contributed by atoms with Crippen LogP contribution in [-0.4, -0.2) is 43.9 Å². The van der Waals surface area contributed by atoms with Crippen molar-refractivity contribution in [3.05, 3.63) is 65.3 Å². The molecule has 1 saturated heterocycles. The summed E-state index contributed by atoms with van der Waals surface area (Å²) in [5, 5.41) is 10.5. The highest BCUT2D eigenvalue weighted by Crippen LogP contribution is 2.58. The second kappa shape index (κ2) is 10.9. The first kappa shape index (κ1) is 27.3. The molecule has 0 bridgehead atoms. The Hall–Kier alpha value is -1.73. The van der Waals surface area contributed by atoms with Crippen LogP contribution in [0.15, 0.2) is 70.2 Å². The molecule has 198 valence electrons. The summed E-state index contributed by atoms with van der Waals surface area (Å²) in [4.78, 5) is 0.257. The van der Waals surface area contributed by atoms with Gasteiger partial charge in [0.25, 0.3) is 0 Å². The normalized spacial score (nSPS) is 36.5. The molecule has 4 rings (SSSR count). The zero-order chi connectivity index (χ0) is 26.0. The molecule has 0 aromatic heterocycles. The number of rotatable bonds is 2. The summed E-state index contributed by atoms with van der Waals surface area (Å²) < 4.78 is 39.9. The molecular weight excluding hydrogens is 472 g/mol. The van der Waals surface area contributed by atoms with E-state index in [0.29, 0.717) is 31.1 Å². The fraction of sp³-hybridized carbons (Fsp3) is 0.600. The maximum Gasteiger partial charge on any atom is 0.184 e. The lowest BCUT2D eigenvalue weighted by Gasteiger charge is -2.42. The fourth-order valence-electron chi connectivity index (χ4n) is 6.26. The molecule has 5 nitrogen and oxygen atoms in total. The number of allylic oxidation sites excluding steroid dienone is 5. The first-order valence-corrected chi connectivity index (χ1v) is 14.9. The lowest BCUT2D eigenvalue weighted by atomic mass is 9.71. The lowest BCUT2D eigenvalue weighted by Crippen LogP contribution is -2.45. The number of sulfone groups is 1. The van der Waals surface area contributed by atoms with Crippen LogP contribution in [0.4, 0.5) is 0 Å². The number of ether oxygens (including phenoxy) is 2. The van der Waals surface area contributed by atoms with E-state index in [0.717, 1.165) is 44.1 Å². The Morgan fingerprint density at radius 3 is 2.36 bits per heavy atom. The average Bonchev–Trinajstić information content (AvgIpc) is 3.45. The van der Waals surface area contributed by atoms with Gasteiger partial charge in [0, 0.05) is 11.8 Å². The Labute approximate surface area is 217 Å². The van der Waals surface area contributed by atoms with Crippen LogP contribution in [0.1, 0.15) is 72.6 Å². The lowest BCUT2D eigenvalue weighted by molar-refractivity contribution is -0.223. The molecule has 2 unspecified atom stereocenters. The van der Waals surface area contributed by atoms with Crippen LogP contribution in [0.2, 0.25) is 0 Å². The average molecular weight is 515 g/mol. The molecular formula is C30H42O5S. The third-order valence-corrected chi connectivity index (χ3v) is 10.9. The van der Waals surface area contributed by atoms with Gasteiger partial charge in [0.2, 0.25) is 0 Å². The molecule has 0 amide bonds. The van der Waals surface area contributed by atoms with Gasteiger partial charge in [-0.2, -0.15) is 0 Å². The predicted molar refractivity (Wildman–Crippen MR) is 143 cm³/mol. The van der Waals surface area contributed by atoms with Crippen LogP contribution in [0.5, 0.6) is 0 Å². The van der Waals surface area contributed by atoms with Crippen molar-refractivity contribution in [3.63, 3.8) is 0 Å². The van der Waals surface area contributed by atoms with E-state index in [-0.39, 0.29) is 10.3 Å². The van der Waals surface area contributed by atoms with Crippen molar-refractivity contribution < 1.29 is 23.0 Å². The molecule has 36 heavy (non-hydrogen) atoms. The molecule has 1 heterocycles. The van der Waals surface area contributed by atoms with Crippen molar-refractivity contribution in [2.24, 2.45) is 11.3 Å². The van der Waals surface area contributed by atoms with E-state index in [1.165, 1.54) is 5.57 Å². The first-order valence-electron chi connectivity index (χ1n) is 13.3. The largest absolute Gasteiger partial charge is 0.387 e. The molecule has 1 spiro atoms. The summed E-state index contributed by atoms with van der Waals surface area (Å²) in [6.45, 7) is 9.55. The van der Waals surface area contributed by atoms with Gasteiger partial charge in [-0.05, 0) is 82.9 Å². The first-order chi connectivity index (χ1) is 17.1. The van der Waals surface area contributed by atoms with Crippen LogP contribution < -0.4 is 0 Å². The van der Waals surface area contributed by atoms with Crippen molar-refractivity contribution in [3.8, 4) is 0 Å². The van der Waals surface area contributed by atoms with Crippen LogP contribution in [0.25, 0.3) is 0 Å². The van der Waals surface area contributed by atoms with Gasteiger partial charge in [-0.25, -0.2) is 8.42 Å². The Bertz CT molecular complexity index is 1110. The minimum atomic E-state index is -3.73. The summed E-state index contributed by atoms with van der Waals surface area (Å²) in [7, 11) is -3.73. The summed E-state index contributed by atoms with van der Waals surface area (Å²) in [5.74, 6) is -0.241. The minimum Gasteiger partial charge on any atom is -0.387 e. The smallest absolute Gasteiger partial charge is 0.184 e. The highest BCUT2D eigenvalue weighted by molar-refractivity contribution is 7.92. The quantitative estimate of drug-likeness (QED) is 0.479. The number of benzene rings is 1. The van der Waals surface area contributed by atoms with Crippen LogP contribution in [-0.2, 0) is 19.3 Å². The van der Waals surface area contributed by atoms with E-state index < -0.39 is 27.0 Å². The molecule has 4 atom stereocenters. The van der Waals surface area contributed by atoms with Crippen molar-refractivity contribution in [1.29, 1.82) is 0 Å². The third kappa shape index (κ3) is 5.28. The molecule has 1 saturated carbocycles. The van der Waals surface area contributed by atoms with E-state index in [2.05, 4.69) is 32.1 Å². The zero-order valence-electron chi connectivity index (χ0n) is 22.2. The van der Waals surface area contributed by atoms with Crippen LogP contribution in [0.3, 0.4) is 0 Å². The minimum absolute atomic E-state index is 0.187. The van der Waals surface area contributed by atoms with Gasteiger partial charge in [-0.1, -0.05) is 54.5 Å². The van der Waals surface area contributed by atoms with Gasteiger partial charge >= 0.3 is 0 Å². The number of fused-ring (bicyclic) bond motifs is 2. The molecule has 1 N–H and O–H groups in total. The Balaban J connectivity index is 1.71. The fourth-order valence-corrected chi connectivity index (χ4v) is 8.18. The van der Waals surface area contributed by atoms with Gasteiger partial charge in [0.1, 0.15) is 0 Å². The summed E-state index contributed by atoms with van der Waals surface area (Å²) >= 11 is 0. The van der Waals surface area contributed by atoms with Crippen molar-refractivity contribution in [1.82, 2.24) is 0 Å². The highest BCUT2D eigenvalue weighted by Gasteiger charge is 2.60. The third-order valence-electron chi connectivity index (χ3n) is 8.79. The van der Waals surface area contributed by atoms with Crippen molar-refractivity contribution in [2.45, 2.75) is 94.7 Å². The molecule has 2 fully saturated rings. The van der Waals surface area contributed by atoms with E-state index in [1.807, 2.05) is 13.8 Å². The Kier molecular flexibility index (Phi) is 8.30. The highest BCUT2D eigenvalue weighted by atomic mass is 32.2. The molecule has 0 radical (unpaired) electrons. The second-order valence-corrected chi connectivity index (χ2v) is 13.3. The SMILES string of the molecule is C/C1=C\C[C@@]2(C)[C@H](C/C=C(\C)C(O)C(S(=O)(=O)c3ccccc3)C/C(C)=C/CC1)CCC21OCCO1. The van der Waals surface area contributed by atoms with Gasteiger partial charge < -0.3 is 14.6 Å². The summed E-state index contributed by atoms with van der Waals surface area (Å²) in [6.07, 6.45) is 11.0. The van der Waals surface area contributed by atoms with Crippen molar-refractivity contribution >= 4 is 9.84 Å².